The Morgan fingerprint density at radius 2 is 1.97 bits per heavy atom. The van der Waals surface area contributed by atoms with Gasteiger partial charge in [0, 0.05) is 24.4 Å². The number of fused-ring (bicyclic) bond motifs is 1. The molecule has 0 aliphatic carbocycles. The molecule has 36 heavy (non-hydrogen) atoms. The van der Waals surface area contributed by atoms with E-state index < -0.39 is 29.2 Å². The zero-order valence-electron chi connectivity index (χ0n) is 21.3. The van der Waals surface area contributed by atoms with Gasteiger partial charge in [0.05, 0.1) is 41.4 Å². The van der Waals surface area contributed by atoms with Gasteiger partial charge in [-0.3, -0.25) is 0 Å². The average molecular weight is 501 g/mol. The Morgan fingerprint density at radius 1 is 1.22 bits per heavy atom. The SMILES string of the molecule is CC.CCCOc1cc(F)c2c(c1)NC=NC2Nc1ccc(NC(=O)NCCC(C)(C)C#N)cc1F. The topological polar surface area (TPSA) is 111 Å². The van der Waals surface area contributed by atoms with Crippen LogP contribution in [0.2, 0.25) is 0 Å². The largest absolute Gasteiger partial charge is 0.493 e. The van der Waals surface area contributed by atoms with Crippen LogP contribution in [0.1, 0.15) is 59.2 Å². The number of aliphatic imine (C=N–C) groups is 1. The number of nitrogens with one attached hydrogen (secondary N) is 4. The normalized spacial score (nSPS) is 13.8. The first-order chi connectivity index (χ1) is 17.2. The number of halogens is 2. The number of hydrogen-bond acceptors (Lipinski definition) is 6. The summed E-state index contributed by atoms with van der Waals surface area (Å²) in [6, 6.07) is 8.73. The number of amides is 2. The standard InChI is InChI=1S/C24H28F2N6O2.C2H6/c1-4-9-34-16-11-18(26)21-20(12-16)29-14-30-22(21)32-19-6-5-15(10-17(19)25)31-23(33)28-8-7-24(2,3)13-27;1-2/h5-6,10-12,14,22,32H,4,7-9H2,1-3H3,(H,29,30)(H2,28,31,33);1-2H3. The van der Waals surface area contributed by atoms with Gasteiger partial charge >= 0.3 is 6.03 Å². The van der Waals surface area contributed by atoms with Crippen molar-refractivity contribution in [3.05, 3.63) is 47.5 Å². The maximum atomic E-state index is 14.8. The molecule has 0 fully saturated rings. The molecule has 3 rings (SSSR count). The number of anilines is 3. The van der Waals surface area contributed by atoms with Crippen LogP contribution in [0.4, 0.5) is 30.6 Å². The summed E-state index contributed by atoms with van der Waals surface area (Å²) >= 11 is 0. The zero-order valence-corrected chi connectivity index (χ0v) is 21.3. The smallest absolute Gasteiger partial charge is 0.319 e. The summed E-state index contributed by atoms with van der Waals surface area (Å²) in [5.41, 5.74) is 0.522. The minimum Gasteiger partial charge on any atom is -0.493 e. The van der Waals surface area contributed by atoms with E-state index in [0.717, 1.165) is 12.5 Å². The van der Waals surface area contributed by atoms with Crippen molar-refractivity contribution in [2.24, 2.45) is 10.4 Å². The van der Waals surface area contributed by atoms with E-state index in [4.69, 9.17) is 10.00 Å². The molecule has 1 aliphatic heterocycles. The summed E-state index contributed by atoms with van der Waals surface area (Å²) in [6.45, 7) is 10.3. The van der Waals surface area contributed by atoms with Gasteiger partial charge in [-0.2, -0.15) is 5.26 Å². The first kappa shape index (κ1) is 28.4. The molecule has 194 valence electrons. The molecule has 0 aromatic heterocycles. The molecule has 1 aliphatic rings. The van der Waals surface area contributed by atoms with Gasteiger partial charge in [0.15, 0.2) is 6.17 Å². The monoisotopic (exact) mass is 500 g/mol. The lowest BCUT2D eigenvalue weighted by Gasteiger charge is -2.24. The Bertz CT molecular complexity index is 1110. The molecule has 1 unspecified atom stereocenters. The highest BCUT2D eigenvalue weighted by Gasteiger charge is 2.24. The quantitative estimate of drug-likeness (QED) is 0.318. The molecule has 0 bridgehead atoms. The highest BCUT2D eigenvalue weighted by molar-refractivity contribution is 5.89. The van der Waals surface area contributed by atoms with E-state index in [2.05, 4.69) is 32.3 Å². The van der Waals surface area contributed by atoms with Crippen molar-refractivity contribution in [1.29, 1.82) is 5.26 Å². The van der Waals surface area contributed by atoms with E-state index in [1.165, 1.54) is 24.5 Å². The summed E-state index contributed by atoms with van der Waals surface area (Å²) in [7, 11) is 0. The second-order valence-corrected chi connectivity index (χ2v) is 8.51. The van der Waals surface area contributed by atoms with Crippen molar-refractivity contribution >= 4 is 29.4 Å². The van der Waals surface area contributed by atoms with Crippen LogP contribution in [-0.2, 0) is 0 Å². The molecule has 10 heteroatoms. The maximum Gasteiger partial charge on any atom is 0.319 e. The van der Waals surface area contributed by atoms with Crippen molar-refractivity contribution in [3.63, 3.8) is 0 Å². The van der Waals surface area contributed by atoms with Crippen LogP contribution >= 0.6 is 0 Å². The van der Waals surface area contributed by atoms with E-state index >= 15 is 0 Å². The molecule has 1 atom stereocenters. The summed E-state index contributed by atoms with van der Waals surface area (Å²) in [6.07, 6.45) is 1.84. The Morgan fingerprint density at radius 3 is 2.64 bits per heavy atom. The van der Waals surface area contributed by atoms with E-state index in [1.807, 2.05) is 20.8 Å². The van der Waals surface area contributed by atoms with Gasteiger partial charge in [0.2, 0.25) is 0 Å². The molecule has 0 spiro atoms. The predicted molar refractivity (Wildman–Crippen MR) is 139 cm³/mol. The zero-order chi connectivity index (χ0) is 26.7. The van der Waals surface area contributed by atoms with Crippen LogP contribution in [0.3, 0.4) is 0 Å². The lowest BCUT2D eigenvalue weighted by molar-refractivity contribution is 0.251. The highest BCUT2D eigenvalue weighted by atomic mass is 19.1. The molecule has 0 saturated carbocycles. The first-order valence-electron chi connectivity index (χ1n) is 12.0. The third kappa shape index (κ3) is 7.83. The molecule has 2 amide bonds. The Labute approximate surface area is 211 Å². The van der Waals surface area contributed by atoms with Crippen LogP contribution < -0.4 is 26.0 Å². The third-order valence-corrected chi connectivity index (χ3v) is 5.15. The minimum atomic E-state index is -0.850. The second-order valence-electron chi connectivity index (χ2n) is 8.51. The Kier molecular flexibility index (Phi) is 10.5. The van der Waals surface area contributed by atoms with Gasteiger partial charge in [-0.25, -0.2) is 18.6 Å². The van der Waals surface area contributed by atoms with Gasteiger partial charge in [0.25, 0.3) is 0 Å². The van der Waals surface area contributed by atoms with Crippen LogP contribution in [0.15, 0.2) is 35.3 Å². The van der Waals surface area contributed by atoms with Crippen LogP contribution in [0.25, 0.3) is 0 Å². The number of nitrogens with zero attached hydrogens (tertiary/aromatic N) is 2. The fourth-order valence-electron chi connectivity index (χ4n) is 3.24. The number of carbonyl (C=O) groups is 1. The fraction of sp³-hybridized carbons (Fsp3) is 0.423. The molecule has 2 aromatic carbocycles. The van der Waals surface area contributed by atoms with Gasteiger partial charge < -0.3 is 26.0 Å². The molecule has 0 radical (unpaired) electrons. The molecule has 2 aromatic rings. The summed E-state index contributed by atoms with van der Waals surface area (Å²) in [4.78, 5) is 16.2. The number of carbonyl (C=O) groups excluding carboxylic acids is 1. The van der Waals surface area contributed by atoms with Crippen LogP contribution in [-0.4, -0.2) is 25.5 Å². The van der Waals surface area contributed by atoms with Crippen molar-refractivity contribution in [2.45, 2.75) is 53.6 Å². The second kappa shape index (κ2) is 13.3. The van der Waals surface area contributed by atoms with Gasteiger partial charge in [-0.05, 0) is 44.9 Å². The van der Waals surface area contributed by atoms with Crippen molar-refractivity contribution in [1.82, 2.24) is 5.32 Å². The fourth-order valence-corrected chi connectivity index (χ4v) is 3.24. The number of hydrogen-bond donors (Lipinski definition) is 4. The number of nitriles is 1. The predicted octanol–water partition coefficient (Wildman–Crippen LogP) is 6.41. The van der Waals surface area contributed by atoms with Crippen molar-refractivity contribution in [2.75, 3.05) is 29.1 Å². The average Bonchev–Trinajstić information content (AvgIpc) is 2.85. The first-order valence-corrected chi connectivity index (χ1v) is 12.0. The summed E-state index contributed by atoms with van der Waals surface area (Å²) < 4.78 is 35.1. The number of benzene rings is 2. The maximum absolute atomic E-state index is 14.8. The molecular weight excluding hydrogens is 466 g/mol. The van der Waals surface area contributed by atoms with Crippen LogP contribution in [0, 0.1) is 28.4 Å². The lowest BCUT2D eigenvalue weighted by atomic mass is 9.92. The van der Waals surface area contributed by atoms with Gasteiger partial charge in [0.1, 0.15) is 17.4 Å². The molecule has 1 heterocycles. The van der Waals surface area contributed by atoms with E-state index in [0.29, 0.717) is 31.0 Å². The van der Waals surface area contributed by atoms with E-state index in [9.17, 15) is 13.6 Å². The van der Waals surface area contributed by atoms with E-state index in [1.54, 1.807) is 19.9 Å². The molecule has 8 nitrogen and oxygen atoms in total. The molecular formula is C26H34F2N6O2. The summed E-state index contributed by atoms with van der Waals surface area (Å²) in [5.74, 6) is -0.766. The highest BCUT2D eigenvalue weighted by Crippen LogP contribution is 2.36. The number of ether oxygens (including phenoxy) is 1. The minimum absolute atomic E-state index is 0.0995. The lowest BCUT2D eigenvalue weighted by Crippen LogP contribution is -2.31. The Balaban J connectivity index is 0.00000222. The third-order valence-electron chi connectivity index (χ3n) is 5.15. The van der Waals surface area contributed by atoms with Crippen molar-refractivity contribution in [3.8, 4) is 11.8 Å². The van der Waals surface area contributed by atoms with Gasteiger partial charge in [-0.15, -0.1) is 0 Å². The molecule has 4 N–H and O–H groups in total. The molecule has 0 saturated heterocycles. The van der Waals surface area contributed by atoms with Gasteiger partial charge in [-0.1, -0.05) is 20.8 Å². The van der Waals surface area contributed by atoms with E-state index in [-0.39, 0.29) is 16.9 Å². The van der Waals surface area contributed by atoms with Crippen LogP contribution in [0.5, 0.6) is 5.75 Å². The summed E-state index contributed by atoms with van der Waals surface area (Å²) in [5, 5.41) is 20.0. The van der Waals surface area contributed by atoms with Crippen molar-refractivity contribution < 1.29 is 18.3 Å². The Hall–Kier alpha value is -3.87. The number of urea groups is 1. The number of rotatable bonds is 9.